The third kappa shape index (κ3) is 3.22. The van der Waals surface area contributed by atoms with Crippen LogP contribution in [0.2, 0.25) is 0 Å². The van der Waals surface area contributed by atoms with Crippen LogP contribution in [-0.4, -0.2) is 45.1 Å². The minimum Gasteiger partial charge on any atom is -0.321 e. The minimum atomic E-state index is -0.261. The van der Waals surface area contributed by atoms with Crippen LogP contribution in [0.1, 0.15) is 21.1 Å². The SMILES string of the molecule is Cc1c(C(=O)Nc2ccc3cn[nH]c3c2)sc2nc(CN(C)C)[nH]c(=O)c12. The van der Waals surface area contributed by atoms with Gasteiger partial charge in [0.2, 0.25) is 0 Å². The first-order chi connectivity index (χ1) is 12.9. The number of H-pyrrole nitrogens is 2. The van der Waals surface area contributed by atoms with E-state index in [-0.39, 0.29) is 11.5 Å². The number of carbonyl (C=O) groups excluding carboxylic acids is 1. The summed E-state index contributed by atoms with van der Waals surface area (Å²) >= 11 is 1.23. The molecule has 1 amide bonds. The Balaban J connectivity index is 1.69. The van der Waals surface area contributed by atoms with Crippen molar-refractivity contribution in [2.45, 2.75) is 13.5 Å². The predicted molar refractivity (Wildman–Crippen MR) is 106 cm³/mol. The van der Waals surface area contributed by atoms with E-state index in [1.807, 2.05) is 37.2 Å². The summed E-state index contributed by atoms with van der Waals surface area (Å²) in [5, 5.41) is 11.2. The zero-order valence-electron chi connectivity index (χ0n) is 15.1. The molecule has 3 aromatic heterocycles. The number of nitrogens with zero attached hydrogens (tertiary/aromatic N) is 3. The Labute approximate surface area is 158 Å². The lowest BCUT2D eigenvalue weighted by Gasteiger charge is -2.07. The number of fused-ring (bicyclic) bond motifs is 2. The van der Waals surface area contributed by atoms with Gasteiger partial charge in [0.15, 0.2) is 0 Å². The van der Waals surface area contributed by atoms with Gasteiger partial charge in [-0.15, -0.1) is 11.3 Å². The molecule has 4 rings (SSSR count). The van der Waals surface area contributed by atoms with Gasteiger partial charge in [-0.2, -0.15) is 5.10 Å². The number of carbonyl (C=O) groups is 1. The highest BCUT2D eigenvalue weighted by atomic mass is 32.1. The Bertz CT molecular complexity index is 1220. The lowest BCUT2D eigenvalue weighted by atomic mass is 10.2. The van der Waals surface area contributed by atoms with E-state index in [2.05, 4.69) is 25.5 Å². The van der Waals surface area contributed by atoms with Crippen LogP contribution >= 0.6 is 11.3 Å². The fourth-order valence-corrected chi connectivity index (χ4v) is 4.08. The molecule has 1 aromatic carbocycles. The molecule has 9 heteroatoms. The first-order valence-corrected chi connectivity index (χ1v) is 9.15. The number of benzene rings is 1. The maximum absolute atomic E-state index is 12.8. The second kappa shape index (κ2) is 6.60. The molecular weight excluding hydrogens is 364 g/mol. The smallest absolute Gasteiger partial charge is 0.266 e. The number of anilines is 1. The van der Waals surface area contributed by atoms with Gasteiger partial charge < -0.3 is 15.2 Å². The van der Waals surface area contributed by atoms with E-state index in [1.54, 1.807) is 13.1 Å². The van der Waals surface area contributed by atoms with Crippen molar-refractivity contribution in [3.63, 3.8) is 0 Å². The monoisotopic (exact) mass is 382 g/mol. The van der Waals surface area contributed by atoms with Crippen molar-refractivity contribution in [3.05, 3.63) is 51.0 Å². The van der Waals surface area contributed by atoms with Crippen molar-refractivity contribution in [3.8, 4) is 0 Å². The van der Waals surface area contributed by atoms with Crippen molar-refractivity contribution in [2.24, 2.45) is 0 Å². The van der Waals surface area contributed by atoms with E-state index < -0.39 is 0 Å². The lowest BCUT2D eigenvalue weighted by Crippen LogP contribution is -2.18. The molecule has 0 aliphatic carbocycles. The van der Waals surface area contributed by atoms with Gasteiger partial charge in [0.05, 0.1) is 28.5 Å². The molecule has 4 aromatic rings. The molecule has 0 saturated carbocycles. The highest BCUT2D eigenvalue weighted by Gasteiger charge is 2.19. The van der Waals surface area contributed by atoms with Crippen LogP contribution in [0.15, 0.2) is 29.2 Å². The van der Waals surface area contributed by atoms with Crippen molar-refractivity contribution >= 4 is 44.1 Å². The summed E-state index contributed by atoms with van der Waals surface area (Å²) in [5.41, 5.74) is 1.92. The molecule has 3 heterocycles. The average molecular weight is 382 g/mol. The number of aromatic amines is 2. The van der Waals surface area contributed by atoms with Crippen LogP contribution in [0.4, 0.5) is 5.69 Å². The fourth-order valence-electron chi connectivity index (χ4n) is 2.98. The first-order valence-electron chi connectivity index (χ1n) is 8.34. The Hall–Kier alpha value is -3.04. The Morgan fingerprint density at radius 1 is 1.33 bits per heavy atom. The molecule has 8 nitrogen and oxygen atoms in total. The molecule has 0 bridgehead atoms. The van der Waals surface area contributed by atoms with Gasteiger partial charge in [0.1, 0.15) is 10.7 Å². The van der Waals surface area contributed by atoms with Gasteiger partial charge in [-0.3, -0.25) is 14.7 Å². The van der Waals surface area contributed by atoms with E-state index >= 15 is 0 Å². The van der Waals surface area contributed by atoms with Crippen molar-refractivity contribution in [2.75, 3.05) is 19.4 Å². The van der Waals surface area contributed by atoms with Gasteiger partial charge >= 0.3 is 0 Å². The van der Waals surface area contributed by atoms with E-state index in [1.165, 1.54) is 11.3 Å². The van der Waals surface area contributed by atoms with Gasteiger partial charge in [-0.1, -0.05) is 0 Å². The van der Waals surface area contributed by atoms with Gasteiger partial charge in [-0.05, 0) is 44.8 Å². The molecule has 0 saturated heterocycles. The maximum Gasteiger partial charge on any atom is 0.266 e. The number of hydrogen-bond donors (Lipinski definition) is 3. The van der Waals surface area contributed by atoms with E-state index in [0.717, 1.165) is 10.9 Å². The number of nitrogens with one attached hydrogen (secondary N) is 3. The number of thiophene rings is 1. The summed E-state index contributed by atoms with van der Waals surface area (Å²) in [7, 11) is 3.80. The predicted octanol–water partition coefficient (Wildman–Crippen LogP) is 2.48. The minimum absolute atomic E-state index is 0.219. The molecule has 0 spiro atoms. The van der Waals surface area contributed by atoms with Crippen LogP contribution in [-0.2, 0) is 6.54 Å². The zero-order valence-corrected chi connectivity index (χ0v) is 15.9. The van der Waals surface area contributed by atoms with E-state index in [9.17, 15) is 9.59 Å². The second-order valence-electron chi connectivity index (χ2n) is 6.61. The molecule has 0 aliphatic heterocycles. The highest BCUT2D eigenvalue weighted by Crippen LogP contribution is 2.28. The van der Waals surface area contributed by atoms with Crippen LogP contribution in [0.5, 0.6) is 0 Å². The number of hydrogen-bond acceptors (Lipinski definition) is 6. The number of aromatic nitrogens is 4. The van der Waals surface area contributed by atoms with Crippen molar-refractivity contribution in [1.29, 1.82) is 0 Å². The second-order valence-corrected chi connectivity index (χ2v) is 7.61. The molecule has 0 unspecified atom stereocenters. The van der Waals surface area contributed by atoms with Crippen LogP contribution in [0, 0.1) is 6.92 Å². The van der Waals surface area contributed by atoms with Gasteiger partial charge in [0, 0.05) is 11.1 Å². The topological polar surface area (TPSA) is 107 Å². The number of rotatable bonds is 4. The summed E-state index contributed by atoms with van der Waals surface area (Å²) in [6, 6.07) is 5.52. The van der Waals surface area contributed by atoms with E-state index in [0.29, 0.717) is 38.7 Å². The summed E-state index contributed by atoms with van der Waals surface area (Å²) in [6.07, 6.45) is 1.72. The summed E-state index contributed by atoms with van der Waals surface area (Å²) in [6.45, 7) is 2.29. The summed E-state index contributed by atoms with van der Waals surface area (Å²) < 4.78 is 0. The van der Waals surface area contributed by atoms with Crippen molar-refractivity contribution < 1.29 is 4.79 Å². The van der Waals surface area contributed by atoms with Gasteiger partial charge in [0.25, 0.3) is 11.5 Å². The number of amides is 1. The molecule has 27 heavy (non-hydrogen) atoms. The molecule has 0 aliphatic rings. The Morgan fingerprint density at radius 3 is 2.93 bits per heavy atom. The third-order valence-electron chi connectivity index (χ3n) is 4.22. The summed E-state index contributed by atoms with van der Waals surface area (Å²) in [4.78, 5) is 35.5. The van der Waals surface area contributed by atoms with Crippen molar-refractivity contribution in [1.82, 2.24) is 25.1 Å². The number of aryl methyl sites for hydroxylation is 1. The Kier molecular flexibility index (Phi) is 4.25. The zero-order chi connectivity index (χ0) is 19.1. The largest absolute Gasteiger partial charge is 0.321 e. The molecule has 0 atom stereocenters. The van der Waals surface area contributed by atoms with Crippen LogP contribution in [0.25, 0.3) is 21.1 Å². The molecular formula is C18H18N6O2S. The van der Waals surface area contributed by atoms with Crippen LogP contribution < -0.4 is 10.9 Å². The summed E-state index contributed by atoms with van der Waals surface area (Å²) in [5.74, 6) is 0.318. The van der Waals surface area contributed by atoms with Crippen LogP contribution in [0.3, 0.4) is 0 Å². The standard InChI is InChI=1S/C18H18N6O2S/c1-9-14-16(25)21-13(8-24(2)3)22-18(14)27-15(9)17(26)20-11-5-4-10-7-19-23-12(10)6-11/h4-7H,8H2,1-3H3,(H,19,23)(H,20,26)(H,21,22,25). The fraction of sp³-hybridized carbons (Fsp3) is 0.222. The molecule has 3 N–H and O–H groups in total. The van der Waals surface area contributed by atoms with Gasteiger partial charge in [-0.25, -0.2) is 4.98 Å². The highest BCUT2D eigenvalue weighted by molar-refractivity contribution is 7.20. The maximum atomic E-state index is 12.8. The normalized spacial score (nSPS) is 11.6. The first kappa shape index (κ1) is 17.4. The Morgan fingerprint density at radius 2 is 2.15 bits per heavy atom. The quantitative estimate of drug-likeness (QED) is 0.503. The molecule has 0 fully saturated rings. The van der Waals surface area contributed by atoms with E-state index in [4.69, 9.17) is 0 Å². The third-order valence-corrected chi connectivity index (χ3v) is 5.41. The lowest BCUT2D eigenvalue weighted by molar-refractivity contribution is 0.103. The molecule has 0 radical (unpaired) electrons. The molecule has 138 valence electrons. The average Bonchev–Trinajstić information content (AvgIpc) is 3.18.